The van der Waals surface area contributed by atoms with Crippen molar-refractivity contribution in [3.63, 3.8) is 0 Å². The average Bonchev–Trinajstić information content (AvgIpc) is 0.924. The van der Waals surface area contributed by atoms with Crippen molar-refractivity contribution < 1.29 is 77.1 Å². The number of aliphatic carboxylic acids is 3. The van der Waals surface area contributed by atoms with Crippen LogP contribution in [0.1, 0.15) is 99.0 Å². The Kier molecular flexibility index (Phi) is 32.1. The largest absolute Gasteiger partial charge is 0.494 e. The molecule has 6 amide bonds. The number of alkyl halides is 2. The second kappa shape index (κ2) is 39.9. The molecule has 96 heavy (non-hydrogen) atoms. The molecule has 0 saturated carbocycles. The number of nitriles is 1. The SMILES string of the molecule is C/C(=N\CCCCC(NC(=O)CN1CCN(CC(=O)O)CCN(CC(=O)O)CCN(CC(=O)O)CC1)C(=O)NCCSCC(O)C(=O)N1CCC(CCCCOc2ccc3nccc(C(=O)NCC(=O)N4CC(F)(F)C[C@@H]4C#N)c3c2)CC1)NC(=O)CCCc1ccc(C)cc1. The topological polar surface area (TPSA) is 360 Å². The number of aryl methyl sites for hydroxylation is 2. The number of piperidine rings is 1. The van der Waals surface area contributed by atoms with Gasteiger partial charge in [0.1, 0.15) is 23.9 Å². The van der Waals surface area contributed by atoms with Gasteiger partial charge in [0.15, 0.2) is 0 Å². The van der Waals surface area contributed by atoms with Crippen LogP contribution in [-0.4, -0.2) is 274 Å². The molecule has 0 radical (unpaired) electrons. The predicted molar refractivity (Wildman–Crippen MR) is 354 cm³/mol. The summed E-state index contributed by atoms with van der Waals surface area (Å²) in [6.45, 7) is 4.56. The number of nitrogens with zero attached hydrogens (tertiary/aromatic N) is 9. The number of aliphatic imine (C=N–C) groups is 1. The Bertz CT molecular complexity index is 3140. The number of thioether (sulfide) groups is 1. The summed E-state index contributed by atoms with van der Waals surface area (Å²) in [6.07, 6.45) is 6.42. The number of nitrogens with one attached hydrogen (secondary N) is 4. The van der Waals surface area contributed by atoms with Gasteiger partial charge in [0, 0.05) is 114 Å². The zero-order chi connectivity index (χ0) is 69.6. The third-order valence-electron chi connectivity index (χ3n) is 17.0. The Morgan fingerprint density at radius 1 is 0.781 bits per heavy atom. The highest BCUT2D eigenvalue weighted by molar-refractivity contribution is 7.99. The van der Waals surface area contributed by atoms with Crippen molar-refractivity contribution in [2.24, 2.45) is 10.9 Å². The molecular weight excluding hydrogens is 1270 g/mol. The lowest BCUT2D eigenvalue weighted by Crippen LogP contribution is -2.52. The van der Waals surface area contributed by atoms with Crippen LogP contribution in [0.25, 0.3) is 10.9 Å². The molecule has 3 atom stereocenters. The lowest BCUT2D eigenvalue weighted by molar-refractivity contribution is -0.140. The lowest BCUT2D eigenvalue weighted by Gasteiger charge is -2.33. The molecule has 30 heteroatoms. The number of carbonyl (C=O) groups excluding carboxylic acids is 6. The minimum atomic E-state index is -3.18. The van der Waals surface area contributed by atoms with Crippen LogP contribution in [-0.2, 0) is 44.8 Å². The molecule has 4 heterocycles. The second-order valence-corrected chi connectivity index (χ2v) is 25.8. The minimum absolute atomic E-state index is 0.0885. The number of carbonyl (C=O) groups is 9. The number of halogens is 2. The van der Waals surface area contributed by atoms with E-state index in [0.717, 1.165) is 54.6 Å². The van der Waals surface area contributed by atoms with Crippen LogP contribution in [0.15, 0.2) is 59.7 Å². The third-order valence-corrected chi connectivity index (χ3v) is 18.0. The quantitative estimate of drug-likeness (QED) is 0.0242. The third kappa shape index (κ3) is 27.6. The van der Waals surface area contributed by atoms with E-state index in [4.69, 9.17) is 4.74 Å². The monoisotopic (exact) mass is 1360 g/mol. The summed E-state index contributed by atoms with van der Waals surface area (Å²) in [7, 11) is 0. The van der Waals surface area contributed by atoms with E-state index in [1.54, 1.807) is 55.7 Å². The number of unbranched alkanes of at least 4 members (excludes halogenated alkanes) is 2. The van der Waals surface area contributed by atoms with Gasteiger partial charge in [-0.15, -0.1) is 0 Å². The average molecular weight is 1360 g/mol. The van der Waals surface area contributed by atoms with Gasteiger partial charge in [0.2, 0.25) is 23.6 Å². The molecule has 0 spiro atoms. The number of hydrogen-bond donors (Lipinski definition) is 8. The number of pyridine rings is 1. The number of amides is 6. The number of amidine groups is 1. The van der Waals surface area contributed by atoms with Crippen molar-refractivity contribution in [2.45, 2.75) is 115 Å². The fourth-order valence-corrected chi connectivity index (χ4v) is 12.5. The summed E-state index contributed by atoms with van der Waals surface area (Å²) in [5.74, 6) is -7.56. The normalized spacial score (nSPS) is 17.9. The van der Waals surface area contributed by atoms with Crippen molar-refractivity contribution >= 4 is 81.9 Å². The second-order valence-electron chi connectivity index (χ2n) is 24.7. The van der Waals surface area contributed by atoms with Gasteiger partial charge in [0.05, 0.1) is 68.9 Å². The zero-order valence-corrected chi connectivity index (χ0v) is 55.7. The molecule has 8 N–H and O–H groups in total. The fraction of sp³-hybridized carbons (Fsp3) is 0.606. The molecular formula is C66H93F2N13O14S. The van der Waals surface area contributed by atoms with Gasteiger partial charge in [-0.05, 0) is 107 Å². The number of rotatable bonds is 34. The number of carboxylic acids is 3. The molecule has 0 aliphatic carbocycles. The number of aromatic nitrogens is 1. The molecule has 3 saturated heterocycles. The molecule has 1 aromatic heterocycles. The maximum atomic E-state index is 13.9. The van der Waals surface area contributed by atoms with E-state index in [1.807, 2.05) is 19.1 Å². The van der Waals surface area contributed by atoms with E-state index >= 15 is 0 Å². The number of likely N-dealkylation sites (tertiary alicyclic amines) is 2. The molecule has 526 valence electrons. The first kappa shape index (κ1) is 77.1. The van der Waals surface area contributed by atoms with Crippen molar-refractivity contribution in [1.82, 2.24) is 55.7 Å². The molecule has 2 unspecified atom stereocenters. The highest BCUT2D eigenvalue weighted by atomic mass is 32.2. The van der Waals surface area contributed by atoms with Crippen LogP contribution in [0.2, 0.25) is 0 Å². The van der Waals surface area contributed by atoms with Gasteiger partial charge in [0.25, 0.3) is 17.7 Å². The van der Waals surface area contributed by atoms with Crippen LogP contribution >= 0.6 is 11.8 Å². The summed E-state index contributed by atoms with van der Waals surface area (Å²) in [5.41, 5.74) is 3.03. The van der Waals surface area contributed by atoms with Crippen LogP contribution in [0.5, 0.6) is 5.75 Å². The summed E-state index contributed by atoms with van der Waals surface area (Å²) < 4.78 is 33.9. The standard InChI is InChI=1S/C66H93F2N13O14S/c1-46-12-14-48(15-13-46)9-7-11-57(83)74-47(2)70-21-5-3-10-55(75-58(84)40-76-26-28-77(41-60(86)87)30-32-79(43-62(90)91)33-31-78(29-27-76)42-61(88)89)64(93)72-23-35-96-44-56(82)65(94)80-24-19-49(20-25-80)8-4-6-34-95-51-16-17-54-53(36-51)52(18-22-71-54)63(92)73-39-59(85)81-45-66(67,68)37-50(81)38-69/h12-18,22,36,49-50,55-56,82H,3-11,19-21,23-35,37,39-45H2,1-2H3,(H,72,93)(H,73,92)(H,75,84)(H,86,87)(H,88,89)(H,90,91)(H,70,74,83)/t50-,55?,56?/m1/s1. The van der Waals surface area contributed by atoms with Crippen LogP contribution < -0.4 is 26.0 Å². The van der Waals surface area contributed by atoms with Crippen molar-refractivity contribution in [1.29, 1.82) is 5.26 Å². The van der Waals surface area contributed by atoms with Gasteiger partial charge in [-0.2, -0.15) is 17.0 Å². The van der Waals surface area contributed by atoms with Crippen LogP contribution in [0, 0.1) is 24.2 Å². The van der Waals surface area contributed by atoms with Crippen molar-refractivity contribution in [3.05, 3.63) is 71.4 Å². The lowest BCUT2D eigenvalue weighted by atomic mass is 9.91. The van der Waals surface area contributed by atoms with Gasteiger partial charge in [-0.3, -0.25) is 72.7 Å². The maximum Gasteiger partial charge on any atom is 0.317 e. The molecule has 3 aliphatic rings. The van der Waals surface area contributed by atoms with Gasteiger partial charge in [-0.25, -0.2) is 8.78 Å². The van der Waals surface area contributed by atoms with E-state index < -0.39 is 85.2 Å². The first-order valence-corrected chi connectivity index (χ1v) is 34.0. The Morgan fingerprint density at radius 2 is 1.41 bits per heavy atom. The molecule has 3 aromatic rings. The van der Waals surface area contributed by atoms with E-state index in [1.165, 1.54) is 24.0 Å². The number of fused-ring (bicyclic) bond motifs is 1. The summed E-state index contributed by atoms with van der Waals surface area (Å²) in [5, 5.41) is 60.7. The summed E-state index contributed by atoms with van der Waals surface area (Å²) in [4.78, 5) is 133. The molecule has 3 aliphatic heterocycles. The highest BCUT2D eigenvalue weighted by Gasteiger charge is 2.47. The maximum absolute atomic E-state index is 13.9. The molecule has 6 rings (SSSR count). The van der Waals surface area contributed by atoms with E-state index in [2.05, 4.69) is 43.4 Å². The van der Waals surface area contributed by atoms with Crippen LogP contribution in [0.3, 0.4) is 0 Å². The predicted octanol–water partition coefficient (Wildman–Crippen LogP) is 2.72. The van der Waals surface area contributed by atoms with Crippen LogP contribution in [0.4, 0.5) is 8.78 Å². The van der Waals surface area contributed by atoms with E-state index in [9.17, 15) is 77.6 Å². The number of aliphatic hydroxyl groups excluding tert-OH is 1. The minimum Gasteiger partial charge on any atom is -0.494 e. The highest BCUT2D eigenvalue weighted by Crippen LogP contribution is 2.32. The number of carboxylic acid groups (broad SMARTS) is 3. The Morgan fingerprint density at radius 3 is 2.02 bits per heavy atom. The van der Waals surface area contributed by atoms with E-state index in [-0.39, 0.29) is 115 Å². The number of hydrogen-bond acceptors (Lipinski definition) is 19. The molecule has 27 nitrogen and oxygen atoms in total. The first-order valence-electron chi connectivity index (χ1n) is 32.8. The Balaban J connectivity index is 0.933. The molecule has 2 aromatic carbocycles. The Hall–Kier alpha value is -7.95. The first-order chi connectivity index (χ1) is 45.9. The smallest absolute Gasteiger partial charge is 0.317 e. The van der Waals surface area contributed by atoms with E-state index in [0.29, 0.717) is 86.1 Å². The van der Waals surface area contributed by atoms with Gasteiger partial charge in [-0.1, -0.05) is 36.2 Å². The fourth-order valence-electron chi connectivity index (χ4n) is 11.7. The Labute approximate surface area is 562 Å². The molecule has 3 fully saturated rings. The number of aliphatic hydroxyl groups is 1. The van der Waals surface area contributed by atoms with Crippen molar-refractivity contribution in [2.75, 3.05) is 136 Å². The number of benzene rings is 2. The van der Waals surface area contributed by atoms with Crippen molar-refractivity contribution in [3.8, 4) is 11.8 Å². The summed E-state index contributed by atoms with van der Waals surface area (Å²) in [6, 6.07) is 14.2. The number of ether oxygens (including phenoxy) is 1. The van der Waals surface area contributed by atoms with Gasteiger partial charge < -0.3 is 56.2 Å². The summed E-state index contributed by atoms with van der Waals surface area (Å²) >= 11 is 1.29. The van der Waals surface area contributed by atoms with Gasteiger partial charge >= 0.3 is 17.9 Å². The molecule has 0 bridgehead atoms. The zero-order valence-electron chi connectivity index (χ0n) is 54.9.